The van der Waals surface area contributed by atoms with Gasteiger partial charge in [0.15, 0.2) is 0 Å². The van der Waals surface area contributed by atoms with Crippen LogP contribution in [-0.4, -0.2) is 6.54 Å². The topological polar surface area (TPSA) is 21.3 Å². The zero-order valence-corrected chi connectivity index (χ0v) is 11.2. The molecule has 98 valence electrons. The molecule has 1 unspecified atom stereocenters. The van der Waals surface area contributed by atoms with Crippen LogP contribution in [0.15, 0.2) is 48.5 Å². The van der Waals surface area contributed by atoms with Crippen LogP contribution in [0.4, 0.5) is 0 Å². The first-order chi connectivity index (χ1) is 9.33. The molecule has 0 saturated carbocycles. The summed E-state index contributed by atoms with van der Waals surface area (Å²) in [5, 5.41) is 3.40. The summed E-state index contributed by atoms with van der Waals surface area (Å²) in [6, 6.07) is 16.8. The molecule has 1 N–H and O–H groups in total. The lowest BCUT2D eigenvalue weighted by Gasteiger charge is -2.20. The molecule has 0 aromatic heterocycles. The van der Waals surface area contributed by atoms with Crippen molar-refractivity contribution in [3.8, 4) is 5.75 Å². The van der Waals surface area contributed by atoms with Crippen LogP contribution in [0.1, 0.15) is 29.7 Å². The van der Waals surface area contributed by atoms with Gasteiger partial charge in [-0.2, -0.15) is 0 Å². The summed E-state index contributed by atoms with van der Waals surface area (Å²) in [5.41, 5.74) is 4.01. The number of hydrogen-bond donors (Lipinski definition) is 1. The van der Waals surface area contributed by atoms with Crippen molar-refractivity contribution in [2.75, 3.05) is 6.54 Å². The molecule has 2 nitrogen and oxygen atoms in total. The zero-order valence-electron chi connectivity index (χ0n) is 11.2. The average Bonchev–Trinajstić information content (AvgIpc) is 2.48. The molecule has 3 rings (SSSR count). The van der Waals surface area contributed by atoms with Crippen molar-refractivity contribution >= 4 is 0 Å². The van der Waals surface area contributed by atoms with Gasteiger partial charge in [0.05, 0.1) is 0 Å². The van der Waals surface area contributed by atoms with E-state index in [9.17, 15) is 0 Å². The summed E-state index contributed by atoms with van der Waals surface area (Å²) in [4.78, 5) is 0. The Labute approximate surface area is 114 Å². The highest BCUT2D eigenvalue weighted by Gasteiger charge is 2.11. The highest BCUT2D eigenvalue weighted by molar-refractivity contribution is 5.37. The van der Waals surface area contributed by atoms with Gasteiger partial charge in [-0.3, -0.25) is 0 Å². The second-order valence-electron chi connectivity index (χ2n) is 5.03. The van der Waals surface area contributed by atoms with Gasteiger partial charge in [-0.05, 0) is 48.7 Å². The Morgan fingerprint density at radius 1 is 1.05 bits per heavy atom. The lowest BCUT2D eigenvalue weighted by Crippen LogP contribution is -2.23. The molecular formula is C17H19NO. The van der Waals surface area contributed by atoms with E-state index in [2.05, 4.69) is 42.6 Å². The number of ether oxygens (including phenoxy) is 1. The van der Waals surface area contributed by atoms with Crippen molar-refractivity contribution in [1.29, 1.82) is 0 Å². The molecule has 0 saturated heterocycles. The molecule has 2 heteroatoms. The summed E-state index contributed by atoms with van der Waals surface area (Å²) in [6.07, 6.45) is 1.19. The van der Waals surface area contributed by atoms with Gasteiger partial charge in [-0.15, -0.1) is 0 Å². The van der Waals surface area contributed by atoms with E-state index in [-0.39, 0.29) is 6.10 Å². The standard InChI is InChI=1S/C17H19NO/c1-13(14-5-3-2-4-6-14)19-17-8-7-15-9-10-18-12-16(15)11-17/h2-8,11,13,18H,9-10,12H2,1H3. The van der Waals surface area contributed by atoms with Crippen LogP contribution in [0, 0.1) is 0 Å². The van der Waals surface area contributed by atoms with E-state index in [0.29, 0.717) is 0 Å². The first-order valence-electron chi connectivity index (χ1n) is 6.87. The van der Waals surface area contributed by atoms with Crippen LogP contribution < -0.4 is 10.1 Å². The second-order valence-corrected chi connectivity index (χ2v) is 5.03. The SMILES string of the molecule is CC(Oc1ccc2c(c1)CNCC2)c1ccccc1. The summed E-state index contributed by atoms with van der Waals surface area (Å²) in [7, 11) is 0. The maximum absolute atomic E-state index is 6.04. The number of benzene rings is 2. The van der Waals surface area contributed by atoms with E-state index in [4.69, 9.17) is 4.74 Å². The fourth-order valence-electron chi connectivity index (χ4n) is 2.53. The zero-order chi connectivity index (χ0) is 13.1. The summed E-state index contributed by atoms with van der Waals surface area (Å²) >= 11 is 0. The quantitative estimate of drug-likeness (QED) is 0.904. The first-order valence-corrected chi connectivity index (χ1v) is 6.87. The molecule has 19 heavy (non-hydrogen) atoms. The maximum atomic E-state index is 6.04. The van der Waals surface area contributed by atoms with E-state index in [1.807, 2.05) is 18.2 Å². The summed E-state index contributed by atoms with van der Waals surface area (Å²) in [6.45, 7) is 4.12. The van der Waals surface area contributed by atoms with Gasteiger partial charge >= 0.3 is 0 Å². The van der Waals surface area contributed by atoms with Gasteiger partial charge in [0.25, 0.3) is 0 Å². The third kappa shape index (κ3) is 2.79. The Hall–Kier alpha value is -1.80. The van der Waals surface area contributed by atoms with Gasteiger partial charge in [-0.25, -0.2) is 0 Å². The molecular weight excluding hydrogens is 234 g/mol. The minimum atomic E-state index is 0.0794. The lowest BCUT2D eigenvalue weighted by atomic mass is 10.0. The summed E-state index contributed by atoms with van der Waals surface area (Å²) in [5.74, 6) is 0.957. The van der Waals surface area contributed by atoms with Crippen LogP contribution in [0.3, 0.4) is 0 Å². The molecule has 1 atom stereocenters. The predicted octanol–water partition coefficient (Wildman–Crippen LogP) is 3.47. The van der Waals surface area contributed by atoms with Crippen LogP contribution in [0.2, 0.25) is 0 Å². The van der Waals surface area contributed by atoms with Gasteiger partial charge in [-0.1, -0.05) is 36.4 Å². The van der Waals surface area contributed by atoms with E-state index >= 15 is 0 Å². The van der Waals surface area contributed by atoms with Crippen molar-refractivity contribution in [2.24, 2.45) is 0 Å². The Bertz CT molecular complexity index is 550. The molecule has 1 aliphatic heterocycles. The molecule has 0 aliphatic carbocycles. The Morgan fingerprint density at radius 3 is 2.74 bits per heavy atom. The van der Waals surface area contributed by atoms with Crippen molar-refractivity contribution in [2.45, 2.75) is 26.0 Å². The molecule has 2 aromatic rings. The fourth-order valence-corrected chi connectivity index (χ4v) is 2.53. The molecule has 0 amide bonds. The molecule has 1 heterocycles. The highest BCUT2D eigenvalue weighted by Crippen LogP contribution is 2.25. The lowest BCUT2D eigenvalue weighted by molar-refractivity contribution is 0.226. The average molecular weight is 253 g/mol. The summed E-state index contributed by atoms with van der Waals surface area (Å²) < 4.78 is 6.04. The minimum absolute atomic E-state index is 0.0794. The molecule has 0 spiro atoms. The second kappa shape index (κ2) is 5.45. The van der Waals surface area contributed by atoms with Gasteiger partial charge < -0.3 is 10.1 Å². The normalized spacial score (nSPS) is 15.6. The third-order valence-electron chi connectivity index (χ3n) is 3.65. The van der Waals surface area contributed by atoms with Crippen molar-refractivity contribution in [3.05, 3.63) is 65.2 Å². The van der Waals surface area contributed by atoms with Gasteiger partial charge in [0.1, 0.15) is 11.9 Å². The molecule has 0 bridgehead atoms. The fraction of sp³-hybridized carbons (Fsp3) is 0.294. The Morgan fingerprint density at radius 2 is 1.89 bits per heavy atom. The molecule has 2 aromatic carbocycles. The van der Waals surface area contributed by atoms with Crippen LogP contribution >= 0.6 is 0 Å². The highest BCUT2D eigenvalue weighted by atomic mass is 16.5. The van der Waals surface area contributed by atoms with Crippen LogP contribution in [-0.2, 0) is 13.0 Å². The van der Waals surface area contributed by atoms with E-state index < -0.39 is 0 Å². The van der Waals surface area contributed by atoms with E-state index in [0.717, 1.165) is 25.3 Å². The molecule has 0 fully saturated rings. The van der Waals surface area contributed by atoms with Gasteiger partial charge in [0, 0.05) is 6.54 Å². The predicted molar refractivity (Wildman–Crippen MR) is 77.3 cm³/mol. The maximum Gasteiger partial charge on any atom is 0.121 e. The third-order valence-corrected chi connectivity index (χ3v) is 3.65. The van der Waals surface area contributed by atoms with E-state index in [1.165, 1.54) is 16.7 Å². The first kappa shape index (κ1) is 12.2. The largest absolute Gasteiger partial charge is 0.486 e. The Kier molecular flexibility index (Phi) is 3.51. The van der Waals surface area contributed by atoms with Crippen molar-refractivity contribution in [1.82, 2.24) is 5.32 Å². The minimum Gasteiger partial charge on any atom is -0.486 e. The van der Waals surface area contributed by atoms with Crippen LogP contribution in [0.25, 0.3) is 0 Å². The number of rotatable bonds is 3. The smallest absolute Gasteiger partial charge is 0.121 e. The monoisotopic (exact) mass is 253 g/mol. The van der Waals surface area contributed by atoms with Crippen LogP contribution in [0.5, 0.6) is 5.75 Å². The van der Waals surface area contributed by atoms with E-state index in [1.54, 1.807) is 0 Å². The van der Waals surface area contributed by atoms with Crippen molar-refractivity contribution < 1.29 is 4.74 Å². The Balaban J connectivity index is 1.76. The van der Waals surface area contributed by atoms with Gasteiger partial charge in [0.2, 0.25) is 0 Å². The molecule has 1 aliphatic rings. The van der Waals surface area contributed by atoms with Crippen molar-refractivity contribution in [3.63, 3.8) is 0 Å². The molecule has 0 radical (unpaired) electrons. The number of fused-ring (bicyclic) bond motifs is 1. The number of hydrogen-bond acceptors (Lipinski definition) is 2. The number of nitrogens with one attached hydrogen (secondary N) is 1.